The van der Waals surface area contributed by atoms with E-state index in [0.717, 1.165) is 23.3 Å². The van der Waals surface area contributed by atoms with Crippen molar-refractivity contribution >= 4 is 28.6 Å². The lowest BCUT2D eigenvalue weighted by Gasteiger charge is -2.28. The molecule has 9 nitrogen and oxygen atoms in total. The molecule has 4 rings (SSSR count). The highest BCUT2D eigenvalue weighted by atomic mass is 16.5. The Morgan fingerprint density at radius 2 is 2.10 bits per heavy atom. The van der Waals surface area contributed by atoms with Crippen LogP contribution in [0.25, 0.3) is 11.0 Å². The lowest BCUT2D eigenvalue weighted by molar-refractivity contribution is -0.144. The van der Waals surface area contributed by atoms with Crippen molar-refractivity contribution in [3.63, 3.8) is 0 Å². The van der Waals surface area contributed by atoms with Crippen LogP contribution >= 0.6 is 0 Å². The maximum atomic E-state index is 11.6. The first-order valence-electron chi connectivity index (χ1n) is 10.6. The lowest BCUT2D eigenvalue weighted by Crippen LogP contribution is -2.31. The fourth-order valence-electron chi connectivity index (χ4n) is 4.07. The van der Waals surface area contributed by atoms with E-state index in [1.54, 1.807) is 19.3 Å². The van der Waals surface area contributed by atoms with Crippen molar-refractivity contribution in [2.75, 3.05) is 19.0 Å². The SMILES string of the molecule is CCOC(=O)Cn1cc(Nc2ncc3ccn(CC4CCC(NC)CC4)c3n2)cn1. The molecule has 2 N–H and O–H groups in total. The van der Waals surface area contributed by atoms with E-state index in [-0.39, 0.29) is 12.5 Å². The van der Waals surface area contributed by atoms with Gasteiger partial charge in [0, 0.05) is 36.6 Å². The number of fused-ring (bicyclic) bond motifs is 1. The van der Waals surface area contributed by atoms with E-state index in [1.807, 2.05) is 6.20 Å². The molecule has 3 aromatic rings. The number of rotatable bonds is 8. The first kappa shape index (κ1) is 20.3. The minimum atomic E-state index is -0.314. The molecule has 9 heteroatoms. The van der Waals surface area contributed by atoms with Gasteiger partial charge in [0.05, 0.1) is 18.5 Å². The number of carbonyl (C=O) groups is 1. The predicted octanol–water partition coefficient (Wildman–Crippen LogP) is 2.71. The standard InChI is InChI=1S/C21H29N7O2/c1-3-30-19(29)14-28-13-18(11-24-28)25-21-23-10-16-8-9-27(20(16)26-21)12-15-4-6-17(22-2)7-5-15/h8-11,13,15,17,22H,3-7,12,14H2,1-2H3,(H,23,25,26). The van der Waals surface area contributed by atoms with Crippen molar-refractivity contribution in [2.24, 2.45) is 5.92 Å². The summed E-state index contributed by atoms with van der Waals surface area (Å²) in [5.41, 5.74) is 1.66. The van der Waals surface area contributed by atoms with Crippen molar-refractivity contribution in [3.05, 3.63) is 30.9 Å². The number of hydrogen-bond acceptors (Lipinski definition) is 7. The summed E-state index contributed by atoms with van der Waals surface area (Å²) in [7, 11) is 2.05. The predicted molar refractivity (Wildman–Crippen MR) is 114 cm³/mol. The Kier molecular flexibility index (Phi) is 6.27. The molecule has 3 heterocycles. The molecule has 0 unspecified atom stereocenters. The van der Waals surface area contributed by atoms with Crippen molar-refractivity contribution in [2.45, 2.75) is 51.7 Å². The molecule has 0 bridgehead atoms. The second-order valence-electron chi connectivity index (χ2n) is 7.80. The van der Waals surface area contributed by atoms with Gasteiger partial charge in [-0.25, -0.2) is 4.98 Å². The molecule has 1 fully saturated rings. The summed E-state index contributed by atoms with van der Waals surface area (Å²) in [4.78, 5) is 20.7. The van der Waals surface area contributed by atoms with Gasteiger partial charge in [-0.05, 0) is 51.6 Å². The quantitative estimate of drug-likeness (QED) is 0.550. The van der Waals surface area contributed by atoms with Crippen LogP contribution in [-0.4, -0.2) is 50.0 Å². The number of esters is 1. The average molecular weight is 412 g/mol. The second kappa shape index (κ2) is 9.25. The fraction of sp³-hybridized carbons (Fsp3) is 0.524. The van der Waals surface area contributed by atoms with E-state index < -0.39 is 0 Å². The molecule has 160 valence electrons. The molecule has 0 spiro atoms. The number of ether oxygens (including phenoxy) is 1. The third-order valence-corrected chi connectivity index (χ3v) is 5.70. The summed E-state index contributed by atoms with van der Waals surface area (Å²) in [5.74, 6) is 0.876. The molecule has 0 amide bonds. The molecule has 30 heavy (non-hydrogen) atoms. The summed E-state index contributed by atoms with van der Waals surface area (Å²) in [5, 5.41) is 11.8. The highest BCUT2D eigenvalue weighted by Crippen LogP contribution is 2.27. The molecule has 0 atom stereocenters. The normalized spacial score (nSPS) is 19.1. The summed E-state index contributed by atoms with van der Waals surface area (Å²) >= 11 is 0. The maximum Gasteiger partial charge on any atom is 0.327 e. The van der Waals surface area contributed by atoms with Crippen molar-refractivity contribution in [1.29, 1.82) is 0 Å². The highest BCUT2D eigenvalue weighted by Gasteiger charge is 2.21. The molecule has 1 aliphatic carbocycles. The molecule has 3 aromatic heterocycles. The van der Waals surface area contributed by atoms with Crippen LogP contribution in [0, 0.1) is 5.92 Å². The third kappa shape index (κ3) is 4.79. The Morgan fingerprint density at radius 3 is 2.87 bits per heavy atom. The summed E-state index contributed by atoms with van der Waals surface area (Å²) in [6.07, 6.45) is 12.3. The van der Waals surface area contributed by atoms with Crippen LogP contribution in [0.3, 0.4) is 0 Å². The zero-order chi connectivity index (χ0) is 20.9. The number of carbonyl (C=O) groups excluding carboxylic acids is 1. The van der Waals surface area contributed by atoms with Gasteiger partial charge in [-0.15, -0.1) is 0 Å². The van der Waals surface area contributed by atoms with Crippen molar-refractivity contribution in [1.82, 2.24) is 29.6 Å². The molecule has 0 aromatic carbocycles. The Balaban J connectivity index is 1.43. The third-order valence-electron chi connectivity index (χ3n) is 5.70. The monoisotopic (exact) mass is 411 g/mol. The van der Waals surface area contributed by atoms with Gasteiger partial charge in [-0.3, -0.25) is 9.48 Å². The average Bonchev–Trinajstić information content (AvgIpc) is 3.35. The van der Waals surface area contributed by atoms with Gasteiger partial charge in [0.2, 0.25) is 5.95 Å². The number of aromatic nitrogens is 5. The second-order valence-corrected chi connectivity index (χ2v) is 7.80. The van der Waals surface area contributed by atoms with Crippen LogP contribution in [0.1, 0.15) is 32.6 Å². The van der Waals surface area contributed by atoms with Gasteiger partial charge >= 0.3 is 5.97 Å². The fourth-order valence-corrected chi connectivity index (χ4v) is 4.07. The largest absolute Gasteiger partial charge is 0.465 e. The smallest absolute Gasteiger partial charge is 0.327 e. The molecule has 1 saturated carbocycles. The summed E-state index contributed by atoms with van der Waals surface area (Å²) < 4.78 is 8.71. The van der Waals surface area contributed by atoms with Gasteiger partial charge in [0.1, 0.15) is 12.2 Å². The summed E-state index contributed by atoms with van der Waals surface area (Å²) in [6.45, 7) is 3.20. The highest BCUT2D eigenvalue weighted by molar-refractivity contribution is 5.76. The van der Waals surface area contributed by atoms with Gasteiger partial charge in [0.15, 0.2) is 0 Å². The topological polar surface area (TPSA) is 98.9 Å². The Bertz CT molecular complexity index is 988. The Morgan fingerprint density at radius 1 is 1.27 bits per heavy atom. The van der Waals surface area contributed by atoms with Crippen molar-refractivity contribution in [3.8, 4) is 0 Å². The van der Waals surface area contributed by atoms with E-state index in [2.05, 4.69) is 44.6 Å². The van der Waals surface area contributed by atoms with E-state index in [4.69, 9.17) is 9.72 Å². The Labute approximate surface area is 175 Å². The first-order valence-corrected chi connectivity index (χ1v) is 10.6. The molecular formula is C21H29N7O2. The number of nitrogens with zero attached hydrogens (tertiary/aromatic N) is 5. The number of hydrogen-bond donors (Lipinski definition) is 2. The maximum absolute atomic E-state index is 11.6. The van der Waals surface area contributed by atoms with Crippen LogP contribution in [-0.2, 0) is 22.6 Å². The lowest BCUT2D eigenvalue weighted by atomic mass is 9.86. The minimum Gasteiger partial charge on any atom is -0.465 e. The zero-order valence-electron chi connectivity index (χ0n) is 17.5. The van der Waals surface area contributed by atoms with Gasteiger partial charge in [-0.1, -0.05) is 0 Å². The van der Waals surface area contributed by atoms with E-state index in [1.165, 1.54) is 30.4 Å². The van der Waals surface area contributed by atoms with Crippen LogP contribution in [0.2, 0.25) is 0 Å². The molecule has 0 radical (unpaired) electrons. The Hall–Kier alpha value is -2.94. The molecule has 0 saturated heterocycles. The van der Waals surface area contributed by atoms with Crippen LogP contribution in [0.15, 0.2) is 30.9 Å². The summed E-state index contributed by atoms with van der Waals surface area (Å²) in [6, 6.07) is 2.72. The number of anilines is 2. The van der Waals surface area contributed by atoms with E-state index in [9.17, 15) is 4.79 Å². The molecular weight excluding hydrogens is 382 g/mol. The molecule has 0 aliphatic heterocycles. The number of nitrogens with one attached hydrogen (secondary N) is 2. The van der Waals surface area contributed by atoms with Gasteiger partial charge in [0.25, 0.3) is 0 Å². The van der Waals surface area contributed by atoms with Crippen LogP contribution in [0.4, 0.5) is 11.6 Å². The van der Waals surface area contributed by atoms with Gasteiger partial charge in [-0.2, -0.15) is 10.1 Å². The van der Waals surface area contributed by atoms with Gasteiger partial charge < -0.3 is 19.9 Å². The molecule has 1 aliphatic rings. The van der Waals surface area contributed by atoms with Crippen molar-refractivity contribution < 1.29 is 9.53 Å². The zero-order valence-corrected chi connectivity index (χ0v) is 17.5. The first-order chi connectivity index (χ1) is 14.6. The minimum absolute atomic E-state index is 0.0774. The van der Waals surface area contributed by atoms with Crippen LogP contribution < -0.4 is 10.6 Å². The van der Waals surface area contributed by atoms with E-state index in [0.29, 0.717) is 24.5 Å². The van der Waals surface area contributed by atoms with E-state index >= 15 is 0 Å². The van der Waals surface area contributed by atoms with Crippen LogP contribution in [0.5, 0.6) is 0 Å².